The Hall–Kier alpha value is -4.79. The van der Waals surface area contributed by atoms with Gasteiger partial charge in [-0.2, -0.15) is 0 Å². The summed E-state index contributed by atoms with van der Waals surface area (Å²) in [5.74, 6) is 1.72. The number of fused-ring (bicyclic) bond motifs is 1. The molecule has 0 aliphatic carbocycles. The SMILES string of the molecule is Cc1nccn1-c1cc(Oc2ccc(NC(=O)c3cc(=O)c4ccccc4o3)cc2)ncn1. The smallest absolute Gasteiger partial charge is 0.291 e. The van der Waals surface area contributed by atoms with E-state index < -0.39 is 5.91 Å². The van der Waals surface area contributed by atoms with Crippen molar-refractivity contribution < 1.29 is 13.9 Å². The van der Waals surface area contributed by atoms with Crippen molar-refractivity contribution in [1.29, 1.82) is 0 Å². The molecule has 5 rings (SSSR count). The Morgan fingerprint density at radius 2 is 1.85 bits per heavy atom. The molecule has 3 aromatic heterocycles. The van der Waals surface area contributed by atoms with Crippen LogP contribution in [0.3, 0.4) is 0 Å². The summed E-state index contributed by atoms with van der Waals surface area (Å²) >= 11 is 0. The van der Waals surface area contributed by atoms with Gasteiger partial charge in [0.15, 0.2) is 11.2 Å². The monoisotopic (exact) mass is 439 g/mol. The first-order valence-electron chi connectivity index (χ1n) is 10.0. The van der Waals surface area contributed by atoms with Crippen LogP contribution in [0, 0.1) is 6.92 Å². The quantitative estimate of drug-likeness (QED) is 0.438. The van der Waals surface area contributed by atoms with Crippen LogP contribution in [0.25, 0.3) is 16.8 Å². The van der Waals surface area contributed by atoms with Gasteiger partial charge in [0.1, 0.15) is 29.3 Å². The second-order valence-electron chi connectivity index (χ2n) is 7.11. The molecule has 5 aromatic rings. The van der Waals surface area contributed by atoms with Gasteiger partial charge >= 0.3 is 0 Å². The van der Waals surface area contributed by atoms with Crippen LogP contribution in [-0.2, 0) is 0 Å². The maximum Gasteiger partial charge on any atom is 0.291 e. The maximum atomic E-state index is 12.6. The van der Waals surface area contributed by atoms with E-state index in [9.17, 15) is 9.59 Å². The highest BCUT2D eigenvalue weighted by Gasteiger charge is 2.13. The predicted octanol–water partition coefficient (Wildman–Crippen LogP) is 4.12. The molecule has 0 saturated carbocycles. The molecule has 0 aliphatic rings. The van der Waals surface area contributed by atoms with E-state index in [1.165, 1.54) is 12.4 Å². The van der Waals surface area contributed by atoms with Crippen LogP contribution in [0.5, 0.6) is 11.6 Å². The number of ether oxygens (including phenoxy) is 1. The lowest BCUT2D eigenvalue weighted by molar-refractivity contribution is 0.0997. The molecule has 0 fully saturated rings. The van der Waals surface area contributed by atoms with Crippen LogP contribution < -0.4 is 15.5 Å². The fourth-order valence-electron chi connectivity index (χ4n) is 3.27. The molecule has 33 heavy (non-hydrogen) atoms. The average Bonchev–Trinajstić information content (AvgIpc) is 3.26. The molecular weight excluding hydrogens is 422 g/mol. The van der Waals surface area contributed by atoms with Gasteiger partial charge in [-0.05, 0) is 43.3 Å². The van der Waals surface area contributed by atoms with Crippen molar-refractivity contribution in [2.24, 2.45) is 0 Å². The summed E-state index contributed by atoms with van der Waals surface area (Å²) in [5.41, 5.74) is 0.593. The minimum absolute atomic E-state index is 0.0673. The van der Waals surface area contributed by atoms with E-state index in [2.05, 4.69) is 20.3 Å². The normalized spacial score (nSPS) is 10.8. The highest BCUT2D eigenvalue weighted by atomic mass is 16.5. The van der Waals surface area contributed by atoms with Gasteiger partial charge in [0.25, 0.3) is 5.91 Å². The van der Waals surface area contributed by atoms with Crippen LogP contribution in [0.1, 0.15) is 16.4 Å². The van der Waals surface area contributed by atoms with Crippen LogP contribution in [-0.4, -0.2) is 25.4 Å². The molecule has 0 atom stereocenters. The Labute approximate surface area is 187 Å². The lowest BCUT2D eigenvalue weighted by Gasteiger charge is -2.09. The molecule has 2 aromatic carbocycles. The van der Waals surface area contributed by atoms with Gasteiger partial charge in [0.05, 0.1) is 5.39 Å². The van der Waals surface area contributed by atoms with Gasteiger partial charge in [-0.3, -0.25) is 14.2 Å². The summed E-state index contributed by atoms with van der Waals surface area (Å²) in [6.45, 7) is 1.87. The number of rotatable bonds is 5. The van der Waals surface area contributed by atoms with Crippen molar-refractivity contribution in [2.45, 2.75) is 6.92 Å². The number of hydrogen-bond donors (Lipinski definition) is 1. The van der Waals surface area contributed by atoms with E-state index in [1.807, 2.05) is 11.5 Å². The maximum absolute atomic E-state index is 12.6. The van der Waals surface area contributed by atoms with E-state index in [4.69, 9.17) is 9.15 Å². The number of para-hydroxylation sites is 1. The zero-order chi connectivity index (χ0) is 22.8. The molecule has 0 spiro atoms. The molecule has 0 radical (unpaired) electrons. The highest BCUT2D eigenvalue weighted by Crippen LogP contribution is 2.23. The molecule has 1 N–H and O–H groups in total. The number of aryl methyl sites for hydroxylation is 1. The van der Waals surface area contributed by atoms with Crippen molar-refractivity contribution in [3.63, 3.8) is 0 Å². The van der Waals surface area contributed by atoms with Crippen LogP contribution in [0.15, 0.2) is 88.6 Å². The summed E-state index contributed by atoms with van der Waals surface area (Å²) in [7, 11) is 0. The first-order valence-corrected chi connectivity index (χ1v) is 10.0. The van der Waals surface area contributed by atoms with Gasteiger partial charge in [0.2, 0.25) is 5.88 Å². The molecule has 1 amide bonds. The van der Waals surface area contributed by atoms with Gasteiger partial charge in [-0.1, -0.05) is 12.1 Å². The van der Waals surface area contributed by atoms with E-state index in [1.54, 1.807) is 67.0 Å². The number of hydrogen-bond acceptors (Lipinski definition) is 7. The fourth-order valence-corrected chi connectivity index (χ4v) is 3.27. The third-order valence-corrected chi connectivity index (χ3v) is 4.89. The second kappa shape index (κ2) is 8.39. The van der Waals surface area contributed by atoms with Crippen molar-refractivity contribution >= 4 is 22.6 Å². The van der Waals surface area contributed by atoms with Crippen molar-refractivity contribution in [3.05, 3.63) is 101 Å². The molecule has 0 aliphatic heterocycles. The van der Waals surface area contributed by atoms with Crippen molar-refractivity contribution in [2.75, 3.05) is 5.32 Å². The minimum Gasteiger partial charge on any atom is -0.451 e. The number of imidazole rings is 1. The molecule has 0 unspecified atom stereocenters. The van der Waals surface area contributed by atoms with Crippen LogP contribution in [0.4, 0.5) is 5.69 Å². The Bertz CT molecular complexity index is 1520. The number of amides is 1. The molecule has 9 heteroatoms. The molecule has 0 saturated heterocycles. The number of carbonyl (C=O) groups excluding carboxylic acids is 1. The Morgan fingerprint density at radius 1 is 1.03 bits per heavy atom. The van der Waals surface area contributed by atoms with Crippen molar-refractivity contribution in [3.8, 4) is 17.4 Å². The van der Waals surface area contributed by atoms with Crippen LogP contribution >= 0.6 is 0 Å². The molecule has 162 valence electrons. The second-order valence-corrected chi connectivity index (χ2v) is 7.11. The highest BCUT2D eigenvalue weighted by molar-refractivity contribution is 6.03. The van der Waals surface area contributed by atoms with E-state index in [0.29, 0.717) is 34.1 Å². The molecule has 3 heterocycles. The average molecular weight is 439 g/mol. The topological polar surface area (TPSA) is 112 Å². The Kier molecular flexibility index (Phi) is 5.12. The third-order valence-electron chi connectivity index (χ3n) is 4.89. The van der Waals surface area contributed by atoms with Gasteiger partial charge in [-0.15, -0.1) is 0 Å². The number of benzene rings is 2. The number of nitrogens with zero attached hydrogens (tertiary/aromatic N) is 4. The summed E-state index contributed by atoms with van der Waals surface area (Å²) in [5, 5.41) is 3.13. The Morgan fingerprint density at radius 3 is 2.64 bits per heavy atom. The zero-order valence-corrected chi connectivity index (χ0v) is 17.4. The van der Waals surface area contributed by atoms with Gasteiger partial charge < -0.3 is 14.5 Å². The molecular formula is C24H17N5O4. The molecule has 0 bridgehead atoms. The number of nitrogens with one attached hydrogen (secondary N) is 1. The van der Waals surface area contributed by atoms with Gasteiger partial charge in [-0.25, -0.2) is 15.0 Å². The Balaban J connectivity index is 1.30. The number of aromatic nitrogens is 4. The lowest BCUT2D eigenvalue weighted by Crippen LogP contribution is -2.14. The van der Waals surface area contributed by atoms with Crippen LogP contribution in [0.2, 0.25) is 0 Å². The third kappa shape index (κ3) is 4.19. The zero-order valence-electron chi connectivity index (χ0n) is 17.4. The summed E-state index contributed by atoms with van der Waals surface area (Å²) in [6, 6.07) is 16.4. The predicted molar refractivity (Wildman–Crippen MR) is 121 cm³/mol. The van der Waals surface area contributed by atoms with Gasteiger partial charge in [0, 0.05) is 30.2 Å². The largest absolute Gasteiger partial charge is 0.451 e. The van der Waals surface area contributed by atoms with E-state index in [0.717, 1.165) is 5.82 Å². The summed E-state index contributed by atoms with van der Waals surface area (Å²) < 4.78 is 13.2. The van der Waals surface area contributed by atoms with Crippen molar-refractivity contribution in [1.82, 2.24) is 19.5 Å². The number of anilines is 1. The summed E-state index contributed by atoms with van der Waals surface area (Å²) in [4.78, 5) is 37.3. The minimum atomic E-state index is -0.525. The van der Waals surface area contributed by atoms with E-state index in [-0.39, 0.29) is 11.2 Å². The summed E-state index contributed by atoms with van der Waals surface area (Å²) in [6.07, 6.45) is 4.90. The first kappa shape index (κ1) is 20.1. The molecule has 9 nitrogen and oxygen atoms in total. The standard InChI is InChI=1S/C24H17N5O4/c1-15-25-10-11-29(15)22-13-23(27-14-26-22)32-17-8-6-16(7-9-17)28-24(31)21-12-19(30)18-4-2-3-5-20(18)33-21/h2-14H,1H3,(H,28,31). The fraction of sp³-hybridized carbons (Fsp3) is 0.0417. The lowest BCUT2D eigenvalue weighted by atomic mass is 10.2. The van der Waals surface area contributed by atoms with E-state index >= 15 is 0 Å². The number of carbonyl (C=O) groups is 1. The first-order chi connectivity index (χ1) is 16.1.